The van der Waals surface area contributed by atoms with Crippen LogP contribution in [0.3, 0.4) is 0 Å². The molecule has 0 amide bonds. The average molecular weight is 452 g/mol. The van der Waals surface area contributed by atoms with Gasteiger partial charge in [0, 0.05) is 17.5 Å². The molecule has 0 radical (unpaired) electrons. The van der Waals surface area contributed by atoms with Gasteiger partial charge in [0.2, 0.25) is 5.69 Å². The first-order valence-electron chi connectivity index (χ1n) is 10.4. The van der Waals surface area contributed by atoms with E-state index >= 15 is 0 Å². The fourth-order valence-corrected chi connectivity index (χ4v) is 4.01. The summed E-state index contributed by atoms with van der Waals surface area (Å²) in [5, 5.41) is 19.0. The number of hydrogen-bond donors (Lipinski definition) is 1. The summed E-state index contributed by atoms with van der Waals surface area (Å²) >= 11 is 1.47. The first-order valence-corrected chi connectivity index (χ1v) is 11.2. The molecule has 0 aliphatic heterocycles. The summed E-state index contributed by atoms with van der Waals surface area (Å²) in [6.07, 6.45) is 1.34. The zero-order valence-electron chi connectivity index (χ0n) is 18.3. The van der Waals surface area contributed by atoms with Crippen LogP contribution in [0, 0.1) is 6.57 Å². The SMILES string of the molecule is [C-]#[N+]c1cc(-c2nnc(-c3ccc(OCCCC(=O)O)cc3CC)s2)ccc1OC(C)C. The summed E-state index contributed by atoms with van der Waals surface area (Å²) < 4.78 is 11.4. The molecule has 1 aromatic heterocycles. The van der Waals surface area contributed by atoms with E-state index in [0.717, 1.165) is 33.1 Å². The summed E-state index contributed by atoms with van der Waals surface area (Å²) in [6, 6.07) is 11.3. The first kappa shape index (κ1) is 23.2. The molecule has 166 valence electrons. The van der Waals surface area contributed by atoms with Crippen molar-refractivity contribution >= 4 is 23.0 Å². The van der Waals surface area contributed by atoms with Crippen LogP contribution in [0.25, 0.3) is 26.0 Å². The Balaban J connectivity index is 1.80. The number of nitrogens with zero attached hydrogens (tertiary/aromatic N) is 3. The monoisotopic (exact) mass is 451 g/mol. The summed E-state index contributed by atoms with van der Waals surface area (Å²) in [5.41, 5.74) is 3.34. The first-order chi connectivity index (χ1) is 15.4. The molecular formula is C24H25N3O4S. The second-order valence-corrected chi connectivity index (χ2v) is 8.37. The van der Waals surface area contributed by atoms with Crippen LogP contribution >= 0.6 is 11.3 Å². The van der Waals surface area contributed by atoms with Crippen molar-refractivity contribution in [2.45, 2.75) is 46.1 Å². The summed E-state index contributed by atoms with van der Waals surface area (Å²) in [5.74, 6) is 0.453. The van der Waals surface area contributed by atoms with Gasteiger partial charge in [-0.1, -0.05) is 24.3 Å². The minimum absolute atomic E-state index is 0.00827. The third-order valence-corrected chi connectivity index (χ3v) is 5.61. The molecule has 32 heavy (non-hydrogen) atoms. The average Bonchev–Trinajstić information content (AvgIpc) is 3.26. The van der Waals surface area contributed by atoms with Crippen LogP contribution in [-0.4, -0.2) is 34.0 Å². The zero-order chi connectivity index (χ0) is 23.1. The Kier molecular flexibility index (Phi) is 7.79. The summed E-state index contributed by atoms with van der Waals surface area (Å²) in [7, 11) is 0. The molecule has 0 spiro atoms. The maximum absolute atomic E-state index is 10.6. The minimum Gasteiger partial charge on any atom is -0.502 e. The molecule has 3 rings (SSSR count). The van der Waals surface area contributed by atoms with Crippen LogP contribution in [0.4, 0.5) is 5.69 Å². The van der Waals surface area contributed by atoms with Gasteiger partial charge in [0.05, 0.1) is 19.3 Å². The van der Waals surface area contributed by atoms with Crippen LogP contribution in [0.2, 0.25) is 0 Å². The van der Waals surface area contributed by atoms with Gasteiger partial charge in [0.25, 0.3) is 0 Å². The van der Waals surface area contributed by atoms with Gasteiger partial charge >= 0.3 is 5.97 Å². The summed E-state index contributed by atoms with van der Waals surface area (Å²) in [6.45, 7) is 13.7. The van der Waals surface area contributed by atoms with E-state index in [2.05, 4.69) is 22.0 Å². The maximum Gasteiger partial charge on any atom is 0.303 e. The highest BCUT2D eigenvalue weighted by Gasteiger charge is 2.15. The number of carboxylic acid groups (broad SMARTS) is 1. The van der Waals surface area contributed by atoms with Crippen molar-refractivity contribution in [3.05, 3.63) is 53.4 Å². The van der Waals surface area contributed by atoms with Crippen molar-refractivity contribution in [3.63, 3.8) is 0 Å². The molecule has 0 aliphatic carbocycles. The van der Waals surface area contributed by atoms with E-state index in [1.165, 1.54) is 11.3 Å². The smallest absolute Gasteiger partial charge is 0.303 e. The highest BCUT2D eigenvalue weighted by Crippen LogP contribution is 2.37. The van der Waals surface area contributed by atoms with E-state index in [9.17, 15) is 4.79 Å². The van der Waals surface area contributed by atoms with Gasteiger partial charge in [-0.25, -0.2) is 4.85 Å². The quantitative estimate of drug-likeness (QED) is 0.300. The van der Waals surface area contributed by atoms with Gasteiger partial charge in [-0.3, -0.25) is 4.79 Å². The number of carboxylic acids is 1. The van der Waals surface area contributed by atoms with Crippen molar-refractivity contribution in [2.24, 2.45) is 0 Å². The number of rotatable bonds is 10. The molecule has 2 aromatic carbocycles. The van der Waals surface area contributed by atoms with E-state index in [1.807, 2.05) is 38.1 Å². The number of aryl methyl sites for hydroxylation is 1. The Bertz CT molecular complexity index is 1130. The van der Waals surface area contributed by atoms with Gasteiger partial charge in [-0.05, 0) is 62.6 Å². The lowest BCUT2D eigenvalue weighted by Crippen LogP contribution is -2.05. The van der Waals surface area contributed by atoms with Gasteiger partial charge in [0.1, 0.15) is 21.5 Å². The summed E-state index contributed by atoms with van der Waals surface area (Å²) in [4.78, 5) is 14.2. The third kappa shape index (κ3) is 5.83. The standard InChI is InChI=1S/C24H25N3O4S/c1-5-16-13-18(30-12-6-7-22(28)29)9-10-19(16)24-27-26-23(32-24)17-8-11-21(31-15(2)3)20(14-17)25-4/h8-11,13-15H,5-7,12H2,1-3H3,(H,28,29). The molecule has 1 N–H and O–H groups in total. The second-order valence-electron chi connectivity index (χ2n) is 7.39. The highest BCUT2D eigenvalue weighted by atomic mass is 32.1. The largest absolute Gasteiger partial charge is 0.502 e. The fraction of sp³-hybridized carbons (Fsp3) is 0.333. The van der Waals surface area contributed by atoms with Crippen LogP contribution in [0.1, 0.15) is 39.2 Å². The van der Waals surface area contributed by atoms with Gasteiger partial charge in [-0.2, -0.15) is 0 Å². The molecule has 0 bridgehead atoms. The lowest BCUT2D eigenvalue weighted by atomic mass is 10.1. The second kappa shape index (κ2) is 10.7. The lowest BCUT2D eigenvalue weighted by Gasteiger charge is -2.11. The lowest BCUT2D eigenvalue weighted by molar-refractivity contribution is -0.137. The zero-order valence-corrected chi connectivity index (χ0v) is 19.1. The normalized spacial score (nSPS) is 10.7. The molecule has 0 atom stereocenters. The third-order valence-electron chi connectivity index (χ3n) is 4.61. The van der Waals surface area contributed by atoms with E-state index < -0.39 is 5.97 Å². The number of ether oxygens (including phenoxy) is 2. The van der Waals surface area contributed by atoms with Crippen molar-refractivity contribution in [1.82, 2.24) is 10.2 Å². The Morgan fingerprint density at radius 1 is 1.19 bits per heavy atom. The fourth-order valence-electron chi connectivity index (χ4n) is 3.11. The number of hydrogen-bond acceptors (Lipinski definition) is 6. The Hall–Kier alpha value is -3.44. The molecule has 0 unspecified atom stereocenters. The molecule has 0 saturated carbocycles. The molecule has 0 fully saturated rings. The Morgan fingerprint density at radius 2 is 1.97 bits per heavy atom. The minimum atomic E-state index is -0.823. The molecule has 3 aromatic rings. The number of aromatic nitrogens is 2. The van der Waals surface area contributed by atoms with Crippen molar-refractivity contribution in [3.8, 4) is 32.6 Å². The van der Waals surface area contributed by atoms with E-state index in [-0.39, 0.29) is 12.5 Å². The molecule has 8 heteroatoms. The molecule has 0 aliphatic rings. The Morgan fingerprint density at radius 3 is 2.66 bits per heavy atom. The van der Waals surface area contributed by atoms with E-state index in [1.54, 1.807) is 12.1 Å². The number of benzene rings is 2. The highest BCUT2D eigenvalue weighted by molar-refractivity contribution is 7.17. The van der Waals surface area contributed by atoms with Crippen molar-refractivity contribution in [2.75, 3.05) is 6.61 Å². The van der Waals surface area contributed by atoms with Crippen LogP contribution in [0.5, 0.6) is 11.5 Å². The Labute approximate surface area is 191 Å². The predicted octanol–water partition coefficient (Wildman–Crippen LogP) is 6.02. The predicted molar refractivity (Wildman–Crippen MR) is 125 cm³/mol. The van der Waals surface area contributed by atoms with Crippen LogP contribution < -0.4 is 9.47 Å². The molecular weight excluding hydrogens is 426 g/mol. The van der Waals surface area contributed by atoms with Crippen molar-refractivity contribution in [1.29, 1.82) is 0 Å². The van der Waals surface area contributed by atoms with E-state index in [0.29, 0.717) is 30.2 Å². The topological polar surface area (TPSA) is 85.9 Å². The van der Waals surface area contributed by atoms with Crippen LogP contribution in [0.15, 0.2) is 36.4 Å². The van der Waals surface area contributed by atoms with Gasteiger partial charge in [0.15, 0.2) is 0 Å². The van der Waals surface area contributed by atoms with Gasteiger partial charge < -0.3 is 14.6 Å². The number of aliphatic carboxylic acids is 1. The van der Waals surface area contributed by atoms with Crippen LogP contribution in [-0.2, 0) is 11.2 Å². The van der Waals surface area contributed by atoms with Gasteiger partial charge in [-0.15, -0.1) is 10.2 Å². The molecule has 7 nitrogen and oxygen atoms in total. The van der Waals surface area contributed by atoms with E-state index in [4.69, 9.17) is 21.2 Å². The van der Waals surface area contributed by atoms with Crippen molar-refractivity contribution < 1.29 is 19.4 Å². The molecule has 1 heterocycles. The maximum atomic E-state index is 10.6. The number of carbonyl (C=O) groups is 1. The molecule has 0 saturated heterocycles.